The van der Waals surface area contributed by atoms with Crippen molar-refractivity contribution < 1.29 is 14.5 Å². The summed E-state index contributed by atoms with van der Waals surface area (Å²) in [5.41, 5.74) is 0.620. The fourth-order valence-electron chi connectivity index (χ4n) is 2.20. The summed E-state index contributed by atoms with van der Waals surface area (Å²) in [6.45, 7) is 0.230. The molecule has 3 aromatic rings. The largest absolute Gasteiger partial charge is 0.347 e. The van der Waals surface area contributed by atoms with Crippen LogP contribution in [0.3, 0.4) is 0 Å². The smallest absolute Gasteiger partial charge is 0.270 e. The molecule has 0 unspecified atom stereocenters. The second-order valence-corrected chi connectivity index (χ2v) is 7.57. The molecule has 0 saturated carbocycles. The molecule has 0 aliphatic rings. The monoisotopic (exact) mass is 406 g/mol. The van der Waals surface area contributed by atoms with Crippen molar-refractivity contribution in [2.45, 2.75) is 6.54 Å². The lowest BCUT2D eigenvalue weighted by Crippen LogP contribution is -2.22. The number of ketones is 1. The van der Waals surface area contributed by atoms with E-state index in [9.17, 15) is 19.7 Å². The number of nitrogens with zero attached hydrogens (tertiary/aromatic N) is 1. The van der Waals surface area contributed by atoms with Gasteiger partial charge in [-0.3, -0.25) is 19.7 Å². The topological polar surface area (TPSA) is 89.3 Å². The van der Waals surface area contributed by atoms with Gasteiger partial charge in [0.15, 0.2) is 0 Å². The number of hydrogen-bond acceptors (Lipinski definition) is 6. The minimum absolute atomic E-state index is 0.0104. The first-order valence-electron chi connectivity index (χ1n) is 7.33. The Balaban J connectivity index is 1.65. The number of halogens is 1. The van der Waals surface area contributed by atoms with Gasteiger partial charge in [0, 0.05) is 28.0 Å². The van der Waals surface area contributed by atoms with Crippen molar-refractivity contribution in [1.29, 1.82) is 0 Å². The summed E-state index contributed by atoms with van der Waals surface area (Å²) in [6, 6.07) is 8.95. The van der Waals surface area contributed by atoms with Crippen LogP contribution in [-0.2, 0) is 6.54 Å². The van der Waals surface area contributed by atoms with Gasteiger partial charge in [-0.05, 0) is 29.6 Å². The molecule has 0 atom stereocenters. The number of nitro benzene ring substituents is 1. The molecule has 0 spiro atoms. The quantitative estimate of drug-likeness (QED) is 0.370. The van der Waals surface area contributed by atoms with Crippen LogP contribution in [0.2, 0.25) is 5.02 Å². The molecule has 0 radical (unpaired) electrons. The zero-order valence-electron chi connectivity index (χ0n) is 13.1. The highest BCUT2D eigenvalue weighted by molar-refractivity contribution is 7.14. The minimum atomic E-state index is -0.578. The van der Waals surface area contributed by atoms with Crippen LogP contribution in [0.25, 0.3) is 0 Å². The molecule has 3 rings (SSSR count). The van der Waals surface area contributed by atoms with Gasteiger partial charge in [-0.15, -0.1) is 11.3 Å². The summed E-state index contributed by atoms with van der Waals surface area (Å²) < 4.78 is 0. The number of nitrogens with one attached hydrogen (secondary N) is 1. The molecule has 0 aliphatic heterocycles. The molecule has 0 fully saturated rings. The predicted molar refractivity (Wildman–Crippen MR) is 101 cm³/mol. The highest BCUT2D eigenvalue weighted by Crippen LogP contribution is 2.24. The van der Waals surface area contributed by atoms with Crippen molar-refractivity contribution in [3.63, 3.8) is 0 Å². The molecule has 0 aliphatic carbocycles. The zero-order valence-corrected chi connectivity index (χ0v) is 15.5. The molecule has 2 aromatic heterocycles. The van der Waals surface area contributed by atoms with Gasteiger partial charge in [0.2, 0.25) is 5.78 Å². The van der Waals surface area contributed by atoms with Gasteiger partial charge in [-0.1, -0.05) is 11.6 Å². The average Bonchev–Trinajstić information content (AvgIpc) is 3.30. The van der Waals surface area contributed by atoms with Crippen LogP contribution < -0.4 is 5.32 Å². The minimum Gasteiger partial charge on any atom is -0.347 e. The van der Waals surface area contributed by atoms with E-state index in [1.807, 2.05) is 5.38 Å². The molecule has 0 saturated heterocycles. The number of hydrogen-bond donors (Lipinski definition) is 1. The highest BCUT2D eigenvalue weighted by Gasteiger charge is 2.16. The Hall–Kier alpha value is -2.55. The fraction of sp³-hybridized carbons (Fsp3) is 0.0588. The Morgan fingerprint density at radius 1 is 1.19 bits per heavy atom. The van der Waals surface area contributed by atoms with Gasteiger partial charge in [0.05, 0.1) is 26.9 Å². The maximum Gasteiger partial charge on any atom is 0.270 e. The third-order valence-corrected chi connectivity index (χ3v) is 5.58. The molecule has 2 heterocycles. The van der Waals surface area contributed by atoms with Crippen molar-refractivity contribution in [3.05, 3.63) is 83.2 Å². The van der Waals surface area contributed by atoms with Crippen molar-refractivity contribution in [2.24, 2.45) is 0 Å². The van der Waals surface area contributed by atoms with E-state index in [0.29, 0.717) is 10.4 Å². The lowest BCUT2D eigenvalue weighted by molar-refractivity contribution is -0.384. The number of amides is 1. The summed E-state index contributed by atoms with van der Waals surface area (Å²) in [4.78, 5) is 36.0. The van der Waals surface area contributed by atoms with Gasteiger partial charge in [0.25, 0.3) is 11.6 Å². The number of thiophene rings is 2. The van der Waals surface area contributed by atoms with Crippen molar-refractivity contribution >= 4 is 51.7 Å². The summed E-state index contributed by atoms with van der Waals surface area (Å²) in [6.07, 6.45) is 0. The van der Waals surface area contributed by atoms with E-state index in [1.54, 1.807) is 23.6 Å². The first kappa shape index (κ1) is 18.2. The second kappa shape index (κ2) is 7.77. The number of nitro groups is 1. The number of benzene rings is 1. The standard InChI is InChI=1S/C17H11ClN2O4S2/c18-14-7-11(20(23)24)1-3-13(14)17(22)19-8-12-2-4-15(26-12)16(21)10-5-6-25-9-10/h1-7,9H,8H2,(H,19,22). The van der Waals surface area contributed by atoms with E-state index >= 15 is 0 Å². The number of carbonyl (C=O) groups is 2. The SMILES string of the molecule is O=C(c1ccsc1)c1ccc(CNC(=O)c2ccc([N+](=O)[O-])cc2Cl)s1. The van der Waals surface area contributed by atoms with E-state index in [4.69, 9.17) is 11.6 Å². The highest BCUT2D eigenvalue weighted by atomic mass is 35.5. The molecule has 1 amide bonds. The Labute approximate surface area is 161 Å². The molecule has 1 N–H and O–H groups in total. The molecule has 6 nitrogen and oxygen atoms in total. The van der Waals surface area contributed by atoms with Crippen LogP contribution in [0, 0.1) is 10.1 Å². The van der Waals surface area contributed by atoms with Gasteiger partial charge >= 0.3 is 0 Å². The number of carbonyl (C=O) groups excluding carboxylic acids is 2. The van der Waals surface area contributed by atoms with E-state index < -0.39 is 10.8 Å². The van der Waals surface area contributed by atoms with Gasteiger partial charge < -0.3 is 5.32 Å². The van der Waals surface area contributed by atoms with Crippen molar-refractivity contribution in [3.8, 4) is 0 Å². The maximum absolute atomic E-state index is 12.3. The van der Waals surface area contributed by atoms with Gasteiger partial charge in [0.1, 0.15) is 0 Å². The maximum atomic E-state index is 12.3. The first-order valence-corrected chi connectivity index (χ1v) is 9.47. The Morgan fingerprint density at radius 2 is 2.00 bits per heavy atom. The van der Waals surface area contributed by atoms with E-state index in [1.165, 1.54) is 34.8 Å². The average molecular weight is 407 g/mol. The third kappa shape index (κ3) is 3.98. The molecular formula is C17H11ClN2O4S2. The lowest BCUT2D eigenvalue weighted by atomic mass is 10.2. The van der Waals surface area contributed by atoms with Crippen LogP contribution in [-0.4, -0.2) is 16.6 Å². The zero-order chi connectivity index (χ0) is 18.7. The summed E-state index contributed by atoms with van der Waals surface area (Å²) in [5.74, 6) is -0.490. The summed E-state index contributed by atoms with van der Waals surface area (Å²) >= 11 is 8.71. The first-order chi connectivity index (χ1) is 12.5. The summed E-state index contributed by atoms with van der Waals surface area (Å²) in [5, 5.41) is 17.1. The molecular weight excluding hydrogens is 396 g/mol. The Kier molecular flexibility index (Phi) is 5.46. The van der Waals surface area contributed by atoms with Crippen molar-refractivity contribution in [1.82, 2.24) is 5.32 Å². The van der Waals surface area contributed by atoms with Crippen LogP contribution in [0.5, 0.6) is 0 Å². The Bertz CT molecular complexity index is 983. The van der Waals surface area contributed by atoms with Crippen LogP contribution >= 0.6 is 34.3 Å². The van der Waals surface area contributed by atoms with E-state index in [0.717, 1.165) is 10.9 Å². The van der Waals surface area contributed by atoms with Crippen molar-refractivity contribution in [2.75, 3.05) is 0 Å². The molecule has 26 heavy (non-hydrogen) atoms. The molecule has 9 heteroatoms. The number of non-ortho nitro benzene ring substituents is 1. The van der Waals surface area contributed by atoms with Gasteiger partial charge in [-0.2, -0.15) is 11.3 Å². The van der Waals surface area contributed by atoms with Crippen LogP contribution in [0.1, 0.15) is 30.5 Å². The fourth-order valence-corrected chi connectivity index (χ4v) is 4.00. The molecule has 132 valence electrons. The third-order valence-electron chi connectivity index (χ3n) is 3.50. The summed E-state index contributed by atoms with van der Waals surface area (Å²) in [7, 11) is 0. The number of rotatable bonds is 6. The Morgan fingerprint density at radius 3 is 2.65 bits per heavy atom. The second-order valence-electron chi connectivity index (χ2n) is 5.21. The lowest BCUT2D eigenvalue weighted by Gasteiger charge is -2.05. The predicted octanol–water partition coefficient (Wildman–Crippen LogP) is 4.53. The van der Waals surface area contributed by atoms with Crippen LogP contribution in [0.15, 0.2) is 47.2 Å². The van der Waals surface area contributed by atoms with E-state index in [-0.39, 0.29) is 28.6 Å². The normalized spacial score (nSPS) is 10.5. The van der Waals surface area contributed by atoms with E-state index in [2.05, 4.69) is 5.32 Å². The van der Waals surface area contributed by atoms with Crippen LogP contribution in [0.4, 0.5) is 5.69 Å². The molecule has 0 bridgehead atoms. The van der Waals surface area contributed by atoms with Gasteiger partial charge in [-0.25, -0.2) is 0 Å². The molecule has 1 aromatic carbocycles.